The van der Waals surface area contributed by atoms with E-state index in [0.29, 0.717) is 34.3 Å². The van der Waals surface area contributed by atoms with Crippen molar-refractivity contribution >= 4 is 40.3 Å². The molecule has 0 aliphatic heterocycles. The molecule has 0 unspecified atom stereocenters. The van der Waals surface area contributed by atoms with Gasteiger partial charge in [-0.1, -0.05) is 6.07 Å². The van der Waals surface area contributed by atoms with Crippen LogP contribution >= 0.6 is 11.8 Å². The number of nitrogens with one attached hydrogen (secondary N) is 2. The number of anilines is 2. The lowest BCUT2D eigenvalue weighted by Gasteiger charge is -2.09. The van der Waals surface area contributed by atoms with E-state index in [1.54, 1.807) is 48.0 Å². The lowest BCUT2D eigenvalue weighted by molar-refractivity contribution is -0.0328. The molecule has 0 saturated heterocycles. The number of aromatic nitrogens is 3. The third-order valence-corrected chi connectivity index (χ3v) is 5.44. The van der Waals surface area contributed by atoms with Gasteiger partial charge in [0.2, 0.25) is 5.95 Å². The lowest BCUT2D eigenvalue weighted by Crippen LogP contribution is -2.21. The molecule has 0 amide bonds. The second-order valence-corrected chi connectivity index (χ2v) is 8.15. The molecular formula is C22H19F3N6O2S. The van der Waals surface area contributed by atoms with E-state index in [9.17, 15) is 13.2 Å². The molecule has 0 aliphatic carbocycles. The Morgan fingerprint density at radius 2 is 1.91 bits per heavy atom. The van der Waals surface area contributed by atoms with E-state index < -0.39 is 5.51 Å². The molecule has 12 heteroatoms. The fourth-order valence-corrected chi connectivity index (χ4v) is 3.82. The number of pyridine rings is 1. The Hall–Kier alpha value is -3.77. The first kappa shape index (κ1) is 23.4. The summed E-state index contributed by atoms with van der Waals surface area (Å²) in [7, 11) is 3.31. The van der Waals surface area contributed by atoms with Crippen molar-refractivity contribution in [1.82, 2.24) is 20.0 Å². The summed E-state index contributed by atoms with van der Waals surface area (Å²) in [5.74, 6) is 1.66. The number of ether oxygens (including phenoxy) is 1. The normalized spacial score (nSPS) is 12.1. The van der Waals surface area contributed by atoms with Crippen molar-refractivity contribution in [3.63, 3.8) is 0 Å². The van der Waals surface area contributed by atoms with Crippen LogP contribution in [-0.4, -0.2) is 38.1 Å². The molecule has 0 spiro atoms. The Morgan fingerprint density at radius 3 is 2.65 bits per heavy atom. The van der Waals surface area contributed by atoms with E-state index in [1.807, 2.05) is 11.5 Å². The van der Waals surface area contributed by atoms with Crippen LogP contribution in [0.2, 0.25) is 0 Å². The quantitative estimate of drug-likeness (QED) is 0.143. The zero-order valence-electron chi connectivity index (χ0n) is 18.0. The maximum atomic E-state index is 12.7. The van der Waals surface area contributed by atoms with Crippen LogP contribution in [0.25, 0.3) is 11.0 Å². The highest BCUT2D eigenvalue weighted by atomic mass is 32.2. The number of thioether (sulfide) groups is 1. The largest absolute Gasteiger partial charge is 0.457 e. The highest BCUT2D eigenvalue weighted by molar-refractivity contribution is 8.00. The van der Waals surface area contributed by atoms with Crippen molar-refractivity contribution in [3.05, 3.63) is 66.5 Å². The third kappa shape index (κ3) is 5.41. The summed E-state index contributed by atoms with van der Waals surface area (Å²) in [6.45, 7) is 0. The van der Waals surface area contributed by atoms with Gasteiger partial charge in [-0.15, -0.1) is 0 Å². The standard InChI is InChI=1S/C22H19F3N6O2S/c1-26-20(30-32)18-12-15(8-9-27-18)33-14-6-7-19-17(11-14)29-21(31(19)2)28-13-4-3-5-16(10-13)34-22(23,24)25/h3-12,32H,1-2H3,(H,26,30)(H,28,29). The van der Waals surface area contributed by atoms with Gasteiger partial charge in [0.1, 0.15) is 17.2 Å². The van der Waals surface area contributed by atoms with E-state index in [4.69, 9.17) is 9.94 Å². The zero-order chi connectivity index (χ0) is 24.3. The first-order valence-corrected chi connectivity index (χ1v) is 10.7. The van der Waals surface area contributed by atoms with Crippen molar-refractivity contribution in [2.24, 2.45) is 12.0 Å². The molecule has 0 radical (unpaired) electrons. The van der Waals surface area contributed by atoms with Gasteiger partial charge in [0.05, 0.1) is 11.0 Å². The zero-order valence-corrected chi connectivity index (χ0v) is 18.8. The van der Waals surface area contributed by atoms with Gasteiger partial charge in [-0.25, -0.2) is 4.98 Å². The molecule has 2 aromatic carbocycles. The monoisotopic (exact) mass is 488 g/mol. The van der Waals surface area contributed by atoms with E-state index in [2.05, 4.69) is 20.3 Å². The number of hydrogen-bond donors (Lipinski definition) is 3. The molecule has 0 fully saturated rings. The molecular weight excluding hydrogens is 469 g/mol. The van der Waals surface area contributed by atoms with Crippen molar-refractivity contribution < 1.29 is 23.1 Å². The summed E-state index contributed by atoms with van der Waals surface area (Å²) in [6, 6.07) is 14.7. The average molecular weight is 488 g/mol. The second kappa shape index (κ2) is 9.61. The number of halogens is 3. The third-order valence-electron chi connectivity index (χ3n) is 4.72. The summed E-state index contributed by atoms with van der Waals surface area (Å²) in [6.07, 6.45) is 1.53. The topological polar surface area (TPSA) is 96.6 Å². The van der Waals surface area contributed by atoms with Crippen LogP contribution in [0.1, 0.15) is 5.69 Å². The number of benzene rings is 2. The van der Waals surface area contributed by atoms with Crippen LogP contribution < -0.4 is 15.5 Å². The minimum absolute atomic E-state index is 0.0799. The van der Waals surface area contributed by atoms with Gasteiger partial charge in [-0.2, -0.15) is 13.2 Å². The number of aliphatic imine (C=N–C) groups is 1. The highest BCUT2D eigenvalue weighted by Gasteiger charge is 2.29. The number of hydroxylamine groups is 1. The molecule has 0 atom stereocenters. The molecule has 3 N–H and O–H groups in total. The fraction of sp³-hybridized carbons (Fsp3) is 0.136. The molecule has 2 aromatic heterocycles. The Kier molecular flexibility index (Phi) is 6.61. The highest BCUT2D eigenvalue weighted by Crippen LogP contribution is 2.38. The van der Waals surface area contributed by atoms with E-state index in [1.165, 1.54) is 25.4 Å². The first-order valence-electron chi connectivity index (χ1n) is 9.86. The lowest BCUT2D eigenvalue weighted by atomic mass is 10.3. The van der Waals surface area contributed by atoms with E-state index >= 15 is 0 Å². The summed E-state index contributed by atoms with van der Waals surface area (Å²) >= 11 is -0.170. The number of hydrogen-bond acceptors (Lipinski definition) is 7. The van der Waals surface area contributed by atoms with Gasteiger partial charge in [-0.3, -0.25) is 20.7 Å². The number of fused-ring (bicyclic) bond motifs is 1. The molecule has 0 saturated carbocycles. The minimum atomic E-state index is -4.36. The van der Waals surface area contributed by atoms with Crippen LogP contribution in [0.15, 0.2) is 70.7 Å². The number of amidine groups is 1. The molecule has 176 valence electrons. The summed E-state index contributed by atoms with van der Waals surface area (Å²) in [4.78, 5) is 12.7. The number of aryl methyl sites for hydroxylation is 1. The molecule has 4 aromatic rings. The van der Waals surface area contributed by atoms with Gasteiger partial charge < -0.3 is 14.6 Å². The van der Waals surface area contributed by atoms with Gasteiger partial charge in [-0.05, 0) is 48.2 Å². The van der Waals surface area contributed by atoms with Crippen molar-refractivity contribution in [2.75, 3.05) is 12.4 Å². The summed E-state index contributed by atoms with van der Waals surface area (Å²) in [5, 5.41) is 12.2. The molecule has 8 nitrogen and oxygen atoms in total. The summed E-state index contributed by atoms with van der Waals surface area (Å²) < 4.78 is 45.8. The van der Waals surface area contributed by atoms with Gasteiger partial charge in [0, 0.05) is 43.0 Å². The Balaban J connectivity index is 1.56. The molecule has 4 rings (SSSR count). The Labute approximate surface area is 196 Å². The smallest absolute Gasteiger partial charge is 0.446 e. The number of nitrogens with zero attached hydrogens (tertiary/aromatic N) is 4. The van der Waals surface area contributed by atoms with Gasteiger partial charge >= 0.3 is 5.51 Å². The Bertz CT molecular complexity index is 1360. The number of imidazole rings is 1. The van der Waals surface area contributed by atoms with Crippen LogP contribution in [0.4, 0.5) is 24.8 Å². The number of rotatable bonds is 6. The van der Waals surface area contributed by atoms with E-state index in [0.717, 1.165) is 5.52 Å². The van der Waals surface area contributed by atoms with Gasteiger partial charge in [0.25, 0.3) is 0 Å². The molecule has 0 bridgehead atoms. The molecule has 34 heavy (non-hydrogen) atoms. The SMILES string of the molecule is CN=C(NO)c1cc(Oc2ccc3c(c2)nc(Nc2cccc(SC(F)(F)F)c2)n3C)ccn1. The van der Waals surface area contributed by atoms with Crippen LogP contribution in [0.5, 0.6) is 11.5 Å². The van der Waals surface area contributed by atoms with Crippen LogP contribution in [0, 0.1) is 0 Å². The van der Waals surface area contributed by atoms with E-state index in [-0.39, 0.29) is 22.5 Å². The Morgan fingerprint density at radius 1 is 1.12 bits per heavy atom. The average Bonchev–Trinajstić information content (AvgIpc) is 3.08. The first-order chi connectivity index (χ1) is 16.3. The number of alkyl halides is 3. The van der Waals surface area contributed by atoms with Gasteiger partial charge in [0.15, 0.2) is 5.84 Å². The van der Waals surface area contributed by atoms with Crippen molar-refractivity contribution in [3.8, 4) is 11.5 Å². The predicted molar refractivity (Wildman–Crippen MR) is 124 cm³/mol. The molecule has 2 heterocycles. The second-order valence-electron chi connectivity index (χ2n) is 7.01. The molecule has 0 aliphatic rings. The minimum Gasteiger partial charge on any atom is -0.457 e. The maximum Gasteiger partial charge on any atom is 0.446 e. The van der Waals surface area contributed by atoms with Crippen LogP contribution in [-0.2, 0) is 7.05 Å². The maximum absolute atomic E-state index is 12.7. The fourth-order valence-electron chi connectivity index (χ4n) is 3.22. The summed E-state index contributed by atoms with van der Waals surface area (Å²) in [5.41, 5.74) is -0.0582. The predicted octanol–water partition coefficient (Wildman–Crippen LogP) is 5.47. The van der Waals surface area contributed by atoms with Crippen LogP contribution in [0.3, 0.4) is 0 Å². The van der Waals surface area contributed by atoms with Crippen molar-refractivity contribution in [2.45, 2.75) is 10.4 Å². The van der Waals surface area contributed by atoms with Crippen molar-refractivity contribution in [1.29, 1.82) is 0 Å².